The number of aliphatic hydroxyl groups is 1. The molecule has 0 bridgehead atoms. The average Bonchev–Trinajstić information content (AvgIpc) is 3.43. The molecule has 9 nitrogen and oxygen atoms in total. The van der Waals surface area contributed by atoms with Crippen LogP contribution in [-0.2, 0) is 0 Å². The van der Waals surface area contributed by atoms with Gasteiger partial charge in [0.15, 0.2) is 11.6 Å². The summed E-state index contributed by atoms with van der Waals surface area (Å²) < 4.78 is 24.5. The molecule has 186 valence electrons. The van der Waals surface area contributed by atoms with E-state index in [4.69, 9.17) is 4.74 Å². The number of aromatic nitrogens is 5. The number of rotatable bonds is 5. The third-order valence-corrected chi connectivity index (χ3v) is 6.51. The smallest absolute Gasteiger partial charge is 0.258 e. The average molecular weight is 491 g/mol. The number of aryl methyl sites for hydroxylation is 1. The molecule has 1 saturated carbocycles. The minimum absolute atomic E-state index is 0. The Morgan fingerprint density at radius 1 is 1.28 bits per heavy atom. The summed E-state index contributed by atoms with van der Waals surface area (Å²) in [5.74, 6) is 0.178. The maximum atomic E-state index is 14.9. The Bertz CT molecular complexity index is 1440. The van der Waals surface area contributed by atoms with Crippen molar-refractivity contribution in [3.8, 4) is 22.8 Å². The lowest BCUT2D eigenvalue weighted by Gasteiger charge is -2.16. The summed E-state index contributed by atoms with van der Waals surface area (Å²) in [6.07, 6.45) is 7.44. The van der Waals surface area contributed by atoms with Gasteiger partial charge in [-0.25, -0.2) is 9.37 Å². The molecule has 2 aromatic heterocycles. The van der Waals surface area contributed by atoms with E-state index < -0.39 is 11.7 Å². The highest BCUT2D eigenvalue weighted by Crippen LogP contribution is 2.40. The van der Waals surface area contributed by atoms with Crippen molar-refractivity contribution >= 4 is 11.6 Å². The van der Waals surface area contributed by atoms with Gasteiger partial charge >= 0.3 is 0 Å². The van der Waals surface area contributed by atoms with Crippen molar-refractivity contribution in [3.05, 3.63) is 71.8 Å². The number of ether oxygens (including phenoxy) is 1. The van der Waals surface area contributed by atoms with Crippen molar-refractivity contribution in [2.75, 3.05) is 18.5 Å². The van der Waals surface area contributed by atoms with E-state index in [0.717, 1.165) is 18.5 Å². The molecule has 2 N–H and O–H groups in total. The van der Waals surface area contributed by atoms with Crippen LogP contribution in [0.2, 0.25) is 0 Å². The number of halogens is 1. The Balaban J connectivity index is 0.00000267. The quantitative estimate of drug-likeness (QED) is 0.433. The first-order chi connectivity index (χ1) is 17.0. The summed E-state index contributed by atoms with van der Waals surface area (Å²) in [5, 5.41) is 20.7. The summed E-state index contributed by atoms with van der Waals surface area (Å²) in [5.41, 5.74) is 3.31. The maximum absolute atomic E-state index is 14.9. The van der Waals surface area contributed by atoms with Gasteiger partial charge in [0.05, 0.1) is 47.2 Å². The fraction of sp³-hybridized carbons (Fsp3) is 0.308. The fourth-order valence-electron chi connectivity index (χ4n) is 4.43. The highest BCUT2D eigenvalue weighted by molar-refractivity contribution is 6.06. The monoisotopic (exact) mass is 490 g/mol. The number of fused-ring (bicyclic) bond motifs is 3. The molecule has 4 aromatic rings. The van der Waals surface area contributed by atoms with Gasteiger partial charge < -0.3 is 24.3 Å². The fourth-order valence-corrected chi connectivity index (χ4v) is 4.43. The zero-order valence-corrected chi connectivity index (χ0v) is 19.0. The van der Waals surface area contributed by atoms with Crippen molar-refractivity contribution in [3.63, 3.8) is 0 Å². The highest BCUT2D eigenvalue weighted by Gasteiger charge is 2.28. The van der Waals surface area contributed by atoms with E-state index >= 15 is 0 Å². The van der Waals surface area contributed by atoms with Crippen LogP contribution in [0.25, 0.3) is 17.1 Å². The third-order valence-electron chi connectivity index (χ3n) is 6.51. The van der Waals surface area contributed by atoms with Gasteiger partial charge in [-0.05, 0) is 49.6 Å². The molecular weight excluding hydrogens is 463 g/mol. The van der Waals surface area contributed by atoms with E-state index in [1.165, 1.54) is 12.4 Å². The zero-order chi connectivity index (χ0) is 24.1. The number of nitrogens with one attached hydrogen (secondary N) is 1. The Morgan fingerprint density at radius 3 is 2.89 bits per heavy atom. The molecule has 1 fully saturated rings. The second-order valence-electron chi connectivity index (χ2n) is 8.94. The molecule has 2 aliphatic rings. The van der Waals surface area contributed by atoms with E-state index in [1.807, 2.05) is 10.8 Å². The van der Waals surface area contributed by atoms with Crippen LogP contribution >= 0.6 is 0 Å². The van der Waals surface area contributed by atoms with Crippen LogP contribution in [0.1, 0.15) is 53.8 Å². The molecule has 0 saturated heterocycles. The number of carbonyl (C=O) groups excluding carboxylic acids is 1. The SMILES string of the molecule is C.Cc1cc(F)c(C(=O)Nc2cccc3c2OC[C@@H](CO)n2cnnc2-3)cc1-n1cnc(C2CC2)c1. The predicted octanol–water partition coefficient (Wildman–Crippen LogP) is 4.27. The standard InChI is InChI=1S/C25H23FN6O3.CH4/c1-14-7-19(26)18(8-22(14)31-9-21(27-12-31)15-5-6-15)25(34)29-20-4-2-3-17-23(20)35-11-16(10-33)32-13-28-30-24(17)32;/h2-4,7-9,12-13,15-16,33H,5-6,10-11H2,1H3,(H,29,34);1H4/t16-;/m1./s1. The van der Waals surface area contributed by atoms with Gasteiger partial charge in [0.2, 0.25) is 0 Å². The van der Waals surface area contributed by atoms with E-state index in [0.29, 0.717) is 40.0 Å². The summed E-state index contributed by atoms with van der Waals surface area (Å²) in [4.78, 5) is 17.7. The Labute approximate surface area is 207 Å². The second kappa shape index (κ2) is 9.19. The van der Waals surface area contributed by atoms with E-state index in [2.05, 4.69) is 20.5 Å². The topological polar surface area (TPSA) is 107 Å². The van der Waals surface area contributed by atoms with Gasteiger partial charge in [-0.2, -0.15) is 0 Å². The molecule has 10 heteroatoms. The number of hydrogen-bond acceptors (Lipinski definition) is 6. The first kappa shape index (κ1) is 23.7. The first-order valence-corrected chi connectivity index (χ1v) is 11.5. The Morgan fingerprint density at radius 2 is 2.11 bits per heavy atom. The number of nitrogens with zero attached hydrogens (tertiary/aromatic N) is 5. The molecule has 0 radical (unpaired) electrons. The van der Waals surface area contributed by atoms with E-state index in [1.54, 1.807) is 42.1 Å². The molecule has 36 heavy (non-hydrogen) atoms. The zero-order valence-electron chi connectivity index (χ0n) is 19.0. The van der Waals surface area contributed by atoms with Crippen LogP contribution in [-0.4, -0.2) is 48.5 Å². The van der Waals surface area contributed by atoms with Crippen molar-refractivity contribution in [2.45, 2.75) is 39.2 Å². The van der Waals surface area contributed by atoms with Gasteiger partial charge in [-0.1, -0.05) is 13.5 Å². The van der Waals surface area contributed by atoms with Crippen LogP contribution in [0, 0.1) is 12.7 Å². The van der Waals surface area contributed by atoms with Crippen LogP contribution < -0.4 is 10.1 Å². The molecule has 1 atom stereocenters. The normalized spacial score (nSPS) is 16.2. The van der Waals surface area contributed by atoms with Crippen molar-refractivity contribution in [1.29, 1.82) is 0 Å². The molecule has 6 rings (SSSR count). The van der Waals surface area contributed by atoms with Crippen molar-refractivity contribution in [2.24, 2.45) is 0 Å². The summed E-state index contributed by atoms with van der Waals surface area (Å²) >= 11 is 0. The van der Waals surface area contributed by atoms with Gasteiger partial charge in [0, 0.05) is 12.1 Å². The summed E-state index contributed by atoms with van der Waals surface area (Å²) in [6, 6.07) is 7.76. The van der Waals surface area contributed by atoms with Crippen LogP contribution in [0.5, 0.6) is 5.75 Å². The molecular formula is C26H27FN6O3. The number of para-hydroxylation sites is 1. The molecule has 0 spiro atoms. The predicted molar refractivity (Wildman–Crippen MR) is 132 cm³/mol. The second-order valence-corrected chi connectivity index (χ2v) is 8.94. The summed E-state index contributed by atoms with van der Waals surface area (Å²) in [6.45, 7) is 1.80. The number of anilines is 1. The lowest BCUT2D eigenvalue weighted by atomic mass is 10.1. The third kappa shape index (κ3) is 4.03. The van der Waals surface area contributed by atoms with Crippen molar-refractivity contribution < 1.29 is 19.0 Å². The molecule has 1 amide bonds. The minimum atomic E-state index is -0.616. The number of amides is 1. The van der Waals surface area contributed by atoms with Crippen LogP contribution in [0.3, 0.4) is 0 Å². The van der Waals surface area contributed by atoms with Crippen LogP contribution in [0.4, 0.5) is 10.1 Å². The molecule has 0 unspecified atom stereocenters. The van der Waals surface area contributed by atoms with Gasteiger partial charge in [0.1, 0.15) is 18.8 Å². The number of aliphatic hydroxyl groups excluding tert-OH is 1. The lowest BCUT2D eigenvalue weighted by Crippen LogP contribution is -2.19. The van der Waals surface area contributed by atoms with Crippen molar-refractivity contribution in [1.82, 2.24) is 24.3 Å². The van der Waals surface area contributed by atoms with E-state index in [9.17, 15) is 14.3 Å². The lowest BCUT2D eigenvalue weighted by molar-refractivity contribution is 0.102. The number of benzene rings is 2. The molecule has 1 aliphatic heterocycles. The minimum Gasteiger partial charge on any atom is -0.488 e. The number of imidazole rings is 1. The maximum Gasteiger partial charge on any atom is 0.258 e. The van der Waals surface area contributed by atoms with Gasteiger partial charge in [-0.15, -0.1) is 10.2 Å². The molecule has 3 heterocycles. The molecule has 1 aliphatic carbocycles. The largest absolute Gasteiger partial charge is 0.488 e. The Hall–Kier alpha value is -4.05. The van der Waals surface area contributed by atoms with E-state index in [-0.39, 0.29) is 32.2 Å². The summed E-state index contributed by atoms with van der Waals surface area (Å²) in [7, 11) is 0. The van der Waals surface area contributed by atoms with Gasteiger partial charge in [0.25, 0.3) is 5.91 Å². The van der Waals surface area contributed by atoms with Crippen LogP contribution in [0.15, 0.2) is 49.2 Å². The van der Waals surface area contributed by atoms with Gasteiger partial charge in [-0.3, -0.25) is 4.79 Å². The first-order valence-electron chi connectivity index (χ1n) is 11.5. The highest BCUT2D eigenvalue weighted by atomic mass is 19.1. The molecule has 2 aromatic carbocycles. The number of carbonyl (C=O) groups is 1. The number of hydrogen-bond donors (Lipinski definition) is 2. The Kier molecular flexibility index (Phi) is 6.05.